The highest BCUT2D eigenvalue weighted by Gasteiger charge is 2.08. The third-order valence-corrected chi connectivity index (χ3v) is 3.32. The van der Waals surface area contributed by atoms with Gasteiger partial charge in [0.1, 0.15) is 11.6 Å². The molecule has 0 aliphatic heterocycles. The van der Waals surface area contributed by atoms with Crippen LogP contribution < -0.4 is 4.74 Å². The number of hydrogen-bond donors (Lipinski definition) is 0. The van der Waals surface area contributed by atoms with Crippen molar-refractivity contribution in [2.45, 2.75) is 19.8 Å². The standard InChI is InChI=1S/C20H19FO4/c1-2-3-14-24-20(23)16-7-11-18(12-8-16)25-19(22)13-6-15-4-9-17(21)10-5-15/h4-13H,2-3,14H2,1H3. The molecular weight excluding hydrogens is 323 g/mol. The van der Waals surface area contributed by atoms with E-state index >= 15 is 0 Å². The van der Waals surface area contributed by atoms with Gasteiger partial charge in [-0.15, -0.1) is 0 Å². The summed E-state index contributed by atoms with van der Waals surface area (Å²) in [6.07, 6.45) is 4.55. The van der Waals surface area contributed by atoms with Crippen molar-refractivity contribution < 1.29 is 23.5 Å². The summed E-state index contributed by atoms with van der Waals surface area (Å²) in [5.41, 5.74) is 1.08. The molecule has 4 nitrogen and oxygen atoms in total. The van der Waals surface area contributed by atoms with Gasteiger partial charge in [-0.1, -0.05) is 25.5 Å². The molecule has 25 heavy (non-hydrogen) atoms. The largest absolute Gasteiger partial charge is 0.462 e. The van der Waals surface area contributed by atoms with Crippen LogP contribution in [-0.4, -0.2) is 18.5 Å². The van der Waals surface area contributed by atoms with Crippen LogP contribution in [-0.2, 0) is 9.53 Å². The first kappa shape index (κ1) is 18.4. The van der Waals surface area contributed by atoms with Crippen molar-refractivity contribution in [3.63, 3.8) is 0 Å². The molecule has 0 amide bonds. The van der Waals surface area contributed by atoms with Crippen molar-refractivity contribution >= 4 is 18.0 Å². The van der Waals surface area contributed by atoms with Gasteiger partial charge in [0.25, 0.3) is 0 Å². The summed E-state index contributed by atoms with van der Waals surface area (Å²) in [7, 11) is 0. The van der Waals surface area contributed by atoms with Crippen LogP contribution in [0.5, 0.6) is 5.75 Å². The summed E-state index contributed by atoms with van der Waals surface area (Å²) >= 11 is 0. The van der Waals surface area contributed by atoms with Gasteiger partial charge in [-0.05, 0) is 54.5 Å². The normalized spacial score (nSPS) is 10.6. The zero-order chi connectivity index (χ0) is 18.1. The Balaban J connectivity index is 1.88. The molecule has 5 heteroatoms. The van der Waals surface area contributed by atoms with Gasteiger partial charge in [0, 0.05) is 6.08 Å². The molecule has 0 spiro atoms. The summed E-state index contributed by atoms with van der Waals surface area (Å²) in [6, 6.07) is 11.9. The minimum atomic E-state index is -0.567. The molecule has 0 atom stereocenters. The first-order chi connectivity index (χ1) is 12.1. The fourth-order valence-corrected chi connectivity index (χ4v) is 1.94. The number of carbonyl (C=O) groups is 2. The highest BCUT2D eigenvalue weighted by atomic mass is 19.1. The topological polar surface area (TPSA) is 52.6 Å². The molecule has 0 bridgehead atoms. The molecule has 0 aliphatic carbocycles. The van der Waals surface area contributed by atoms with Gasteiger partial charge >= 0.3 is 11.9 Å². The summed E-state index contributed by atoms with van der Waals surface area (Å²) in [5.74, 6) is -0.989. The first-order valence-corrected chi connectivity index (χ1v) is 8.01. The lowest BCUT2D eigenvalue weighted by Crippen LogP contribution is -2.07. The Hall–Kier alpha value is -2.95. The number of esters is 2. The van der Waals surface area contributed by atoms with Gasteiger partial charge in [0.2, 0.25) is 0 Å². The molecule has 0 saturated carbocycles. The second-order valence-corrected chi connectivity index (χ2v) is 5.32. The van der Waals surface area contributed by atoms with E-state index in [9.17, 15) is 14.0 Å². The zero-order valence-electron chi connectivity index (χ0n) is 13.9. The fraction of sp³-hybridized carbons (Fsp3) is 0.200. The van der Waals surface area contributed by atoms with Crippen LogP contribution in [0, 0.1) is 5.82 Å². The Bertz CT molecular complexity index is 733. The summed E-state index contributed by atoms with van der Waals surface area (Å²) in [5, 5.41) is 0. The van der Waals surface area contributed by atoms with Gasteiger partial charge in [0.15, 0.2) is 0 Å². The zero-order valence-corrected chi connectivity index (χ0v) is 13.9. The van der Waals surface area contributed by atoms with E-state index in [2.05, 4.69) is 0 Å². The number of benzene rings is 2. The fourth-order valence-electron chi connectivity index (χ4n) is 1.94. The molecule has 2 aromatic carbocycles. The van der Waals surface area contributed by atoms with E-state index in [0.717, 1.165) is 12.8 Å². The molecule has 0 N–H and O–H groups in total. The van der Waals surface area contributed by atoms with Crippen molar-refractivity contribution in [3.05, 3.63) is 71.6 Å². The Morgan fingerprint density at radius 3 is 2.36 bits per heavy atom. The van der Waals surface area contributed by atoms with E-state index in [-0.39, 0.29) is 5.82 Å². The monoisotopic (exact) mass is 342 g/mol. The van der Waals surface area contributed by atoms with Crippen LogP contribution in [0.4, 0.5) is 4.39 Å². The number of ether oxygens (including phenoxy) is 2. The molecule has 0 saturated heterocycles. The molecule has 0 fully saturated rings. The second kappa shape index (κ2) is 9.37. The average Bonchev–Trinajstić information content (AvgIpc) is 2.62. The molecule has 0 radical (unpaired) electrons. The Morgan fingerprint density at radius 1 is 1.04 bits per heavy atom. The molecule has 0 heterocycles. The first-order valence-electron chi connectivity index (χ1n) is 8.01. The van der Waals surface area contributed by atoms with Gasteiger partial charge < -0.3 is 9.47 Å². The summed E-state index contributed by atoms with van der Waals surface area (Å²) in [4.78, 5) is 23.5. The van der Waals surface area contributed by atoms with E-state index in [1.165, 1.54) is 36.4 Å². The van der Waals surface area contributed by atoms with Crippen LogP contribution in [0.1, 0.15) is 35.7 Å². The highest BCUT2D eigenvalue weighted by Crippen LogP contribution is 2.14. The Kier molecular flexibility index (Phi) is 6.89. The lowest BCUT2D eigenvalue weighted by Gasteiger charge is -2.05. The van der Waals surface area contributed by atoms with Crippen LogP contribution in [0.2, 0.25) is 0 Å². The minimum Gasteiger partial charge on any atom is -0.462 e. The van der Waals surface area contributed by atoms with E-state index in [0.29, 0.717) is 23.5 Å². The van der Waals surface area contributed by atoms with Gasteiger partial charge in [0.05, 0.1) is 12.2 Å². The number of unbranched alkanes of at least 4 members (excludes halogenated alkanes) is 1. The van der Waals surface area contributed by atoms with Gasteiger partial charge in [-0.2, -0.15) is 0 Å². The predicted molar refractivity (Wildman–Crippen MR) is 92.7 cm³/mol. The average molecular weight is 342 g/mol. The van der Waals surface area contributed by atoms with Crippen LogP contribution in [0.3, 0.4) is 0 Å². The molecular formula is C20H19FO4. The number of carbonyl (C=O) groups excluding carboxylic acids is 2. The van der Waals surface area contributed by atoms with E-state index < -0.39 is 11.9 Å². The molecule has 2 aromatic rings. The van der Waals surface area contributed by atoms with Crippen molar-refractivity contribution in [1.82, 2.24) is 0 Å². The van der Waals surface area contributed by atoms with E-state index in [1.807, 2.05) is 6.92 Å². The SMILES string of the molecule is CCCCOC(=O)c1ccc(OC(=O)C=Cc2ccc(F)cc2)cc1. The highest BCUT2D eigenvalue weighted by molar-refractivity contribution is 5.90. The number of rotatable bonds is 7. The predicted octanol–water partition coefficient (Wildman–Crippen LogP) is 4.40. The maximum absolute atomic E-state index is 12.8. The van der Waals surface area contributed by atoms with Gasteiger partial charge in [-0.3, -0.25) is 0 Å². The van der Waals surface area contributed by atoms with Crippen molar-refractivity contribution in [2.75, 3.05) is 6.61 Å². The molecule has 2 rings (SSSR count). The quantitative estimate of drug-likeness (QED) is 0.324. The molecule has 0 aromatic heterocycles. The molecule has 0 aliphatic rings. The smallest absolute Gasteiger partial charge is 0.338 e. The summed E-state index contributed by atoms with van der Waals surface area (Å²) in [6.45, 7) is 2.40. The third-order valence-electron chi connectivity index (χ3n) is 3.32. The van der Waals surface area contributed by atoms with E-state index in [4.69, 9.17) is 9.47 Å². The second-order valence-electron chi connectivity index (χ2n) is 5.32. The van der Waals surface area contributed by atoms with Crippen molar-refractivity contribution in [3.8, 4) is 5.75 Å². The maximum Gasteiger partial charge on any atom is 0.338 e. The minimum absolute atomic E-state index is 0.318. The lowest BCUT2D eigenvalue weighted by molar-refractivity contribution is -0.128. The van der Waals surface area contributed by atoms with Crippen molar-refractivity contribution in [1.29, 1.82) is 0 Å². The molecule has 130 valence electrons. The maximum atomic E-state index is 12.8. The lowest BCUT2D eigenvalue weighted by atomic mass is 10.2. The van der Waals surface area contributed by atoms with Crippen molar-refractivity contribution in [2.24, 2.45) is 0 Å². The van der Waals surface area contributed by atoms with Crippen LogP contribution in [0.25, 0.3) is 6.08 Å². The summed E-state index contributed by atoms with van der Waals surface area (Å²) < 4.78 is 23.0. The Morgan fingerprint density at radius 2 is 1.72 bits per heavy atom. The Labute approximate surface area is 145 Å². The number of hydrogen-bond acceptors (Lipinski definition) is 4. The van der Waals surface area contributed by atoms with Crippen LogP contribution in [0.15, 0.2) is 54.6 Å². The van der Waals surface area contributed by atoms with E-state index in [1.54, 1.807) is 24.3 Å². The van der Waals surface area contributed by atoms with Gasteiger partial charge in [-0.25, -0.2) is 14.0 Å². The number of halogens is 1. The third kappa shape index (κ3) is 6.22. The van der Waals surface area contributed by atoms with Crippen LogP contribution >= 0.6 is 0 Å². The molecule has 0 unspecified atom stereocenters.